The van der Waals surface area contributed by atoms with Crippen LogP contribution in [0.3, 0.4) is 0 Å². The Balaban J connectivity index is 1.47. The Morgan fingerprint density at radius 2 is 1.95 bits per heavy atom. The van der Waals surface area contributed by atoms with Crippen LogP contribution in [0.2, 0.25) is 5.02 Å². The molecule has 1 fully saturated rings. The minimum atomic E-state index is -3.96. The number of rotatable bonds is 7. The summed E-state index contributed by atoms with van der Waals surface area (Å²) < 4.78 is 39.8. The molecule has 3 heterocycles. The van der Waals surface area contributed by atoms with Gasteiger partial charge in [0.1, 0.15) is 23.9 Å². The number of nitriles is 1. The molecule has 2 aromatic carbocycles. The second-order valence-electron chi connectivity index (χ2n) is 8.56. The number of hydrogen-bond acceptors (Lipinski definition) is 9. The smallest absolute Gasteiger partial charge is 0.263 e. The van der Waals surface area contributed by atoms with Crippen LogP contribution in [0.4, 0.5) is 5.13 Å². The second kappa shape index (κ2) is 10.5. The monoisotopic (exact) mass is 555 g/mol. The lowest BCUT2D eigenvalue weighted by Crippen LogP contribution is -2.32. The fraction of sp³-hybridized carbons (Fsp3) is 0.250. The van der Waals surface area contributed by atoms with Crippen LogP contribution in [0.25, 0.3) is 11.3 Å². The second-order valence-corrected chi connectivity index (χ2v) is 11.5. The van der Waals surface area contributed by atoms with Crippen molar-refractivity contribution in [2.75, 3.05) is 24.9 Å². The highest BCUT2D eigenvalue weighted by Gasteiger charge is 2.24. The van der Waals surface area contributed by atoms with E-state index in [-0.39, 0.29) is 27.4 Å². The van der Waals surface area contributed by atoms with Gasteiger partial charge in [0.15, 0.2) is 0 Å². The third-order valence-corrected chi connectivity index (χ3v) is 8.39. The van der Waals surface area contributed by atoms with E-state index in [0.717, 1.165) is 48.7 Å². The molecule has 0 atom stereocenters. The van der Waals surface area contributed by atoms with E-state index in [1.54, 1.807) is 24.4 Å². The fourth-order valence-corrected chi connectivity index (χ4v) is 6.07. The first-order chi connectivity index (χ1) is 17.8. The molecule has 1 N–H and O–H groups in total. The summed E-state index contributed by atoms with van der Waals surface area (Å²) in [4.78, 5) is 6.04. The van der Waals surface area contributed by atoms with Crippen molar-refractivity contribution < 1.29 is 13.2 Å². The van der Waals surface area contributed by atoms with Gasteiger partial charge in [-0.1, -0.05) is 11.6 Å². The zero-order valence-corrected chi connectivity index (χ0v) is 22.1. The minimum absolute atomic E-state index is 0.0601. The van der Waals surface area contributed by atoms with Crippen LogP contribution < -0.4 is 9.46 Å². The van der Waals surface area contributed by atoms with Gasteiger partial charge in [-0.15, -0.1) is 0 Å². The van der Waals surface area contributed by atoms with E-state index in [0.29, 0.717) is 10.8 Å². The molecule has 5 rings (SSSR count). The summed E-state index contributed by atoms with van der Waals surface area (Å²) in [5.41, 5.74) is 1.64. The average Bonchev–Trinajstić information content (AvgIpc) is 3.58. The zero-order chi connectivity index (χ0) is 26.0. The first-order valence-corrected chi connectivity index (χ1v) is 14.0. The maximum Gasteiger partial charge on any atom is 0.263 e. The number of halogens is 1. The lowest BCUT2D eigenvalue weighted by molar-refractivity contribution is 0.213. The Bertz CT molecular complexity index is 1560. The van der Waals surface area contributed by atoms with E-state index in [2.05, 4.69) is 31.1 Å². The standard InChI is InChI=1S/C24H22ClN7O3S2/c1-31-10-7-18(8-11-31)32-21(6-9-28-32)20-13-17(25)2-4-23(20)35-22-5-3-19(12-16(22)14-26)37(33,34)30-24-27-15-29-36-24/h2-6,9,12-13,15,18H,7-8,10-11H2,1H3,(H,27,29,30). The Morgan fingerprint density at radius 3 is 2.68 bits per heavy atom. The summed E-state index contributed by atoms with van der Waals surface area (Å²) in [7, 11) is -1.85. The molecule has 37 heavy (non-hydrogen) atoms. The Morgan fingerprint density at radius 1 is 1.16 bits per heavy atom. The largest absolute Gasteiger partial charge is 0.455 e. The molecule has 1 aliphatic rings. The van der Waals surface area contributed by atoms with Crippen molar-refractivity contribution in [3.8, 4) is 28.8 Å². The molecule has 1 saturated heterocycles. The van der Waals surface area contributed by atoms with Crippen LogP contribution in [0.5, 0.6) is 11.5 Å². The van der Waals surface area contributed by atoms with E-state index in [1.165, 1.54) is 24.5 Å². The van der Waals surface area contributed by atoms with Gasteiger partial charge in [-0.05, 0) is 75.4 Å². The number of likely N-dealkylation sites (tertiary alicyclic amines) is 1. The lowest BCUT2D eigenvalue weighted by atomic mass is 10.0. The maximum atomic E-state index is 12.7. The number of sulfonamides is 1. The normalized spacial score (nSPS) is 14.8. The molecule has 0 unspecified atom stereocenters. The van der Waals surface area contributed by atoms with Gasteiger partial charge in [-0.25, -0.2) is 13.4 Å². The first-order valence-electron chi connectivity index (χ1n) is 11.4. The highest BCUT2D eigenvalue weighted by molar-refractivity contribution is 7.93. The topological polar surface area (TPSA) is 126 Å². The third-order valence-electron chi connectivity index (χ3n) is 6.11. The predicted octanol–water partition coefficient (Wildman–Crippen LogP) is 4.79. The third kappa shape index (κ3) is 5.45. The average molecular weight is 556 g/mol. The highest BCUT2D eigenvalue weighted by atomic mass is 35.5. The number of ether oxygens (including phenoxy) is 1. The summed E-state index contributed by atoms with van der Waals surface area (Å²) in [5.74, 6) is 0.685. The molecule has 0 bridgehead atoms. The van der Waals surface area contributed by atoms with E-state index in [1.807, 2.05) is 16.8 Å². The van der Waals surface area contributed by atoms with Gasteiger partial charge in [-0.2, -0.15) is 14.7 Å². The molecule has 13 heteroatoms. The van der Waals surface area contributed by atoms with Gasteiger partial charge in [0.05, 0.1) is 22.2 Å². The van der Waals surface area contributed by atoms with Gasteiger partial charge in [-0.3, -0.25) is 9.40 Å². The minimum Gasteiger partial charge on any atom is -0.455 e. The van der Waals surface area contributed by atoms with E-state index >= 15 is 0 Å². The lowest BCUT2D eigenvalue weighted by Gasteiger charge is -2.30. The van der Waals surface area contributed by atoms with Crippen LogP contribution in [0, 0.1) is 11.3 Å². The molecule has 10 nitrogen and oxygen atoms in total. The number of nitrogens with zero attached hydrogens (tertiary/aromatic N) is 6. The van der Waals surface area contributed by atoms with Gasteiger partial charge >= 0.3 is 0 Å². The molecule has 190 valence electrons. The van der Waals surface area contributed by atoms with Crippen molar-refractivity contribution in [3.05, 3.63) is 65.6 Å². The van der Waals surface area contributed by atoms with Crippen LogP contribution in [0.15, 0.2) is 59.9 Å². The summed E-state index contributed by atoms with van der Waals surface area (Å²) in [6.07, 6.45) is 4.95. The number of piperidine rings is 1. The summed E-state index contributed by atoms with van der Waals surface area (Å²) >= 11 is 7.27. The summed E-state index contributed by atoms with van der Waals surface area (Å²) in [6, 6.07) is 13.5. The van der Waals surface area contributed by atoms with Gasteiger partial charge in [0.2, 0.25) is 5.13 Å². The van der Waals surface area contributed by atoms with Crippen molar-refractivity contribution in [1.29, 1.82) is 5.26 Å². The number of hydrogen-bond donors (Lipinski definition) is 1. The number of benzene rings is 2. The van der Waals surface area contributed by atoms with E-state index in [4.69, 9.17) is 16.3 Å². The van der Waals surface area contributed by atoms with Crippen LogP contribution in [-0.2, 0) is 10.0 Å². The van der Waals surface area contributed by atoms with Crippen LogP contribution in [-0.4, -0.2) is 52.6 Å². The maximum absolute atomic E-state index is 12.7. The molecule has 1 aliphatic heterocycles. The number of nitrogens with one attached hydrogen (secondary N) is 1. The Kier molecular flexibility index (Phi) is 7.12. The van der Waals surface area contributed by atoms with Crippen molar-refractivity contribution in [2.24, 2.45) is 0 Å². The SMILES string of the molecule is CN1CCC(n2nccc2-c2cc(Cl)ccc2Oc2ccc(S(=O)(=O)Nc3ncns3)cc2C#N)CC1. The van der Waals surface area contributed by atoms with Crippen LogP contribution in [0.1, 0.15) is 24.4 Å². The van der Waals surface area contributed by atoms with Crippen molar-refractivity contribution >= 4 is 38.3 Å². The predicted molar refractivity (Wildman–Crippen MR) is 140 cm³/mol. The molecule has 0 saturated carbocycles. The number of anilines is 1. The highest BCUT2D eigenvalue weighted by Crippen LogP contribution is 2.38. The van der Waals surface area contributed by atoms with Crippen molar-refractivity contribution in [1.82, 2.24) is 24.0 Å². The molecule has 2 aromatic heterocycles. The van der Waals surface area contributed by atoms with Crippen molar-refractivity contribution in [3.63, 3.8) is 0 Å². The van der Waals surface area contributed by atoms with E-state index < -0.39 is 10.0 Å². The molecular formula is C24H22ClN7O3S2. The summed E-state index contributed by atoms with van der Waals surface area (Å²) in [6.45, 7) is 1.97. The fourth-order valence-electron chi connectivity index (χ4n) is 4.21. The molecule has 0 aliphatic carbocycles. The summed E-state index contributed by atoms with van der Waals surface area (Å²) in [5, 5.41) is 15.0. The quantitative estimate of drug-likeness (QED) is 0.345. The molecular weight excluding hydrogens is 534 g/mol. The molecule has 0 radical (unpaired) electrons. The molecule has 0 amide bonds. The van der Waals surface area contributed by atoms with E-state index in [9.17, 15) is 13.7 Å². The van der Waals surface area contributed by atoms with Gasteiger partial charge in [0.25, 0.3) is 10.0 Å². The Hall–Kier alpha value is -3.50. The Labute approximate surface area is 223 Å². The van der Waals surface area contributed by atoms with Gasteiger partial charge in [0, 0.05) is 28.3 Å². The number of aromatic nitrogens is 4. The first kappa shape index (κ1) is 25.2. The van der Waals surface area contributed by atoms with Crippen molar-refractivity contribution in [2.45, 2.75) is 23.8 Å². The van der Waals surface area contributed by atoms with Crippen LogP contribution >= 0.6 is 23.1 Å². The molecule has 0 spiro atoms. The molecule has 4 aromatic rings. The van der Waals surface area contributed by atoms with Gasteiger partial charge < -0.3 is 9.64 Å². The zero-order valence-electron chi connectivity index (χ0n) is 19.7.